The topological polar surface area (TPSA) is 0 Å². The lowest BCUT2D eigenvalue weighted by Gasteiger charge is -2.30. The van der Waals surface area contributed by atoms with Crippen LogP contribution >= 0.6 is 0 Å². The van der Waals surface area contributed by atoms with Gasteiger partial charge in [-0.05, 0) is 11.8 Å². The Balaban J connectivity index is 3.84. The van der Waals surface area contributed by atoms with Crippen LogP contribution in [0.2, 0.25) is 0 Å². The van der Waals surface area contributed by atoms with Crippen LogP contribution in [0.4, 0.5) is 0 Å². The molecule has 0 spiro atoms. The largest absolute Gasteiger partial charge is 0.0654 e. The van der Waals surface area contributed by atoms with Gasteiger partial charge in [-0.25, -0.2) is 0 Å². The van der Waals surface area contributed by atoms with Crippen LogP contribution in [0.25, 0.3) is 0 Å². The second-order valence-corrected chi connectivity index (χ2v) is 3.66. The van der Waals surface area contributed by atoms with Gasteiger partial charge in [0.15, 0.2) is 0 Å². The standard InChI is InChI=1S/C11H24/c1-5-9-10-11(6-2,7-3)8-4/h5-10H2,1-4H3. The highest BCUT2D eigenvalue weighted by Crippen LogP contribution is 2.35. The minimum absolute atomic E-state index is 0.677. The molecule has 0 fully saturated rings. The van der Waals surface area contributed by atoms with E-state index in [0.29, 0.717) is 5.41 Å². The maximum atomic E-state index is 2.34. The first-order chi connectivity index (χ1) is 5.24. The molecule has 0 aliphatic carbocycles. The van der Waals surface area contributed by atoms with E-state index in [9.17, 15) is 0 Å². The summed E-state index contributed by atoms with van der Waals surface area (Å²) in [6.07, 6.45) is 8.28. The molecule has 0 heteroatoms. The van der Waals surface area contributed by atoms with Gasteiger partial charge in [0.05, 0.1) is 0 Å². The Labute approximate surface area is 72.4 Å². The monoisotopic (exact) mass is 156 g/mol. The van der Waals surface area contributed by atoms with Crippen molar-refractivity contribution < 1.29 is 0 Å². The molecule has 0 amide bonds. The summed E-state index contributed by atoms with van der Waals surface area (Å²) in [5.74, 6) is 0. The molecule has 0 unspecified atom stereocenters. The predicted molar refractivity (Wildman–Crippen MR) is 52.8 cm³/mol. The molecule has 0 heterocycles. The van der Waals surface area contributed by atoms with E-state index in [1.165, 1.54) is 38.5 Å². The fourth-order valence-corrected chi connectivity index (χ4v) is 1.83. The summed E-state index contributed by atoms with van der Waals surface area (Å²) in [6, 6.07) is 0. The Morgan fingerprint density at radius 2 is 1.27 bits per heavy atom. The van der Waals surface area contributed by atoms with E-state index >= 15 is 0 Å². The van der Waals surface area contributed by atoms with E-state index in [4.69, 9.17) is 0 Å². The van der Waals surface area contributed by atoms with Gasteiger partial charge in [-0.15, -0.1) is 0 Å². The Hall–Kier alpha value is 0. The van der Waals surface area contributed by atoms with E-state index in [0.717, 1.165) is 0 Å². The smallest absolute Gasteiger partial charge is 0.0305 e. The highest BCUT2D eigenvalue weighted by molar-refractivity contribution is 4.74. The number of rotatable bonds is 6. The van der Waals surface area contributed by atoms with E-state index < -0.39 is 0 Å². The summed E-state index contributed by atoms with van der Waals surface area (Å²) < 4.78 is 0. The Kier molecular flexibility index (Phi) is 5.62. The van der Waals surface area contributed by atoms with Crippen molar-refractivity contribution in [3.8, 4) is 0 Å². The molecule has 0 atom stereocenters. The lowest BCUT2D eigenvalue weighted by atomic mass is 9.76. The highest BCUT2D eigenvalue weighted by Gasteiger charge is 2.22. The molecule has 11 heavy (non-hydrogen) atoms. The maximum absolute atomic E-state index is 2.34. The molecular formula is C11H24. The van der Waals surface area contributed by atoms with Gasteiger partial charge in [-0.3, -0.25) is 0 Å². The molecule has 0 aliphatic rings. The summed E-state index contributed by atoms with van der Waals surface area (Å²) >= 11 is 0. The van der Waals surface area contributed by atoms with Crippen molar-refractivity contribution in [3.63, 3.8) is 0 Å². The summed E-state index contributed by atoms with van der Waals surface area (Å²) in [5.41, 5.74) is 0.677. The Bertz CT molecular complexity index is 71.8. The van der Waals surface area contributed by atoms with Gasteiger partial charge < -0.3 is 0 Å². The highest BCUT2D eigenvalue weighted by atomic mass is 14.3. The Morgan fingerprint density at radius 1 is 0.818 bits per heavy atom. The molecule has 0 aromatic carbocycles. The molecule has 0 nitrogen and oxygen atoms in total. The van der Waals surface area contributed by atoms with Gasteiger partial charge in [0.1, 0.15) is 0 Å². The molecule has 0 aromatic rings. The zero-order valence-corrected chi connectivity index (χ0v) is 8.74. The number of hydrogen-bond acceptors (Lipinski definition) is 0. The minimum atomic E-state index is 0.677. The predicted octanol–water partition coefficient (Wildman–Crippen LogP) is 4.39. The van der Waals surface area contributed by atoms with E-state index in [-0.39, 0.29) is 0 Å². The molecule has 0 bridgehead atoms. The zero-order valence-electron chi connectivity index (χ0n) is 8.74. The third-order valence-corrected chi connectivity index (χ3v) is 3.31. The number of unbranched alkanes of at least 4 members (excludes halogenated alkanes) is 1. The first-order valence-corrected chi connectivity index (χ1v) is 5.24. The van der Waals surface area contributed by atoms with E-state index in [1.54, 1.807) is 0 Å². The number of hydrogen-bond donors (Lipinski definition) is 0. The molecular weight excluding hydrogens is 132 g/mol. The zero-order chi connectivity index (χ0) is 8.74. The molecule has 68 valence electrons. The van der Waals surface area contributed by atoms with Gasteiger partial charge >= 0.3 is 0 Å². The van der Waals surface area contributed by atoms with Crippen LogP contribution in [0.3, 0.4) is 0 Å². The van der Waals surface area contributed by atoms with Gasteiger partial charge in [-0.2, -0.15) is 0 Å². The first kappa shape index (κ1) is 11.0. The van der Waals surface area contributed by atoms with Crippen LogP contribution in [0.5, 0.6) is 0 Å². The summed E-state index contributed by atoms with van der Waals surface area (Å²) in [6.45, 7) is 9.29. The average Bonchev–Trinajstić information content (AvgIpc) is 2.08. The molecule has 0 saturated heterocycles. The third kappa shape index (κ3) is 3.27. The van der Waals surface area contributed by atoms with Crippen molar-refractivity contribution in [1.29, 1.82) is 0 Å². The molecule has 0 rings (SSSR count). The maximum Gasteiger partial charge on any atom is -0.0305 e. The van der Waals surface area contributed by atoms with Gasteiger partial charge in [0.25, 0.3) is 0 Å². The molecule has 0 N–H and O–H groups in total. The molecule has 0 saturated carbocycles. The minimum Gasteiger partial charge on any atom is -0.0654 e. The third-order valence-electron chi connectivity index (χ3n) is 3.31. The fourth-order valence-electron chi connectivity index (χ4n) is 1.83. The molecule has 0 radical (unpaired) electrons. The average molecular weight is 156 g/mol. The van der Waals surface area contributed by atoms with Crippen molar-refractivity contribution >= 4 is 0 Å². The van der Waals surface area contributed by atoms with Gasteiger partial charge in [0, 0.05) is 0 Å². The van der Waals surface area contributed by atoms with Crippen LogP contribution in [-0.2, 0) is 0 Å². The lowest BCUT2D eigenvalue weighted by Crippen LogP contribution is -2.17. The van der Waals surface area contributed by atoms with Crippen molar-refractivity contribution in [2.75, 3.05) is 0 Å². The summed E-state index contributed by atoms with van der Waals surface area (Å²) in [4.78, 5) is 0. The van der Waals surface area contributed by atoms with Crippen molar-refractivity contribution in [3.05, 3.63) is 0 Å². The van der Waals surface area contributed by atoms with Crippen molar-refractivity contribution in [2.24, 2.45) is 5.41 Å². The van der Waals surface area contributed by atoms with E-state index in [2.05, 4.69) is 27.7 Å². The first-order valence-electron chi connectivity index (χ1n) is 5.24. The van der Waals surface area contributed by atoms with Crippen molar-refractivity contribution in [2.45, 2.75) is 66.2 Å². The second kappa shape index (κ2) is 5.62. The SMILES string of the molecule is CCCCC(CC)(CC)CC. The van der Waals surface area contributed by atoms with E-state index in [1.807, 2.05) is 0 Å². The van der Waals surface area contributed by atoms with Gasteiger partial charge in [-0.1, -0.05) is 59.8 Å². The lowest BCUT2D eigenvalue weighted by molar-refractivity contribution is 0.222. The molecule has 0 aromatic heterocycles. The van der Waals surface area contributed by atoms with Gasteiger partial charge in [0.2, 0.25) is 0 Å². The van der Waals surface area contributed by atoms with Crippen LogP contribution in [0.1, 0.15) is 66.2 Å². The normalized spacial score (nSPS) is 12.0. The second-order valence-electron chi connectivity index (χ2n) is 3.66. The fraction of sp³-hybridized carbons (Fsp3) is 1.00. The summed E-state index contributed by atoms with van der Waals surface area (Å²) in [5, 5.41) is 0. The summed E-state index contributed by atoms with van der Waals surface area (Å²) in [7, 11) is 0. The van der Waals surface area contributed by atoms with Crippen LogP contribution in [0, 0.1) is 5.41 Å². The molecule has 0 aliphatic heterocycles. The van der Waals surface area contributed by atoms with Crippen LogP contribution < -0.4 is 0 Å². The van der Waals surface area contributed by atoms with Crippen molar-refractivity contribution in [1.82, 2.24) is 0 Å². The van der Waals surface area contributed by atoms with Crippen LogP contribution in [-0.4, -0.2) is 0 Å². The van der Waals surface area contributed by atoms with Crippen LogP contribution in [0.15, 0.2) is 0 Å². The Morgan fingerprint density at radius 3 is 1.55 bits per heavy atom. The quantitative estimate of drug-likeness (QED) is 0.535.